The zero-order valence-corrected chi connectivity index (χ0v) is 12.6. The number of carbonyl (C=O) groups excluding carboxylic acids is 1. The summed E-state index contributed by atoms with van der Waals surface area (Å²) in [6.07, 6.45) is 5.30. The van der Waals surface area contributed by atoms with Gasteiger partial charge in [0, 0.05) is 6.04 Å². The third-order valence-corrected chi connectivity index (χ3v) is 4.19. The fourth-order valence-corrected chi connectivity index (χ4v) is 3.01. The summed E-state index contributed by atoms with van der Waals surface area (Å²) in [5.74, 6) is -2.03. The molecule has 0 radical (unpaired) electrons. The summed E-state index contributed by atoms with van der Waals surface area (Å²) in [6, 6.07) is 4.28. The smallest absolute Gasteiger partial charge is 0.420 e. The van der Waals surface area contributed by atoms with Gasteiger partial charge in [0.1, 0.15) is 6.54 Å². The molecule has 7 heteroatoms. The van der Waals surface area contributed by atoms with E-state index in [-0.39, 0.29) is 29.6 Å². The topological polar surface area (TPSA) is 102 Å². The Morgan fingerprint density at radius 3 is 2.70 bits per heavy atom. The van der Waals surface area contributed by atoms with Gasteiger partial charge in [0.25, 0.3) is 0 Å². The molecule has 3 rings (SSSR count). The van der Waals surface area contributed by atoms with E-state index < -0.39 is 11.7 Å². The first kappa shape index (κ1) is 15.3. The molecule has 1 aromatic carbocycles. The van der Waals surface area contributed by atoms with Gasteiger partial charge >= 0.3 is 11.7 Å². The van der Waals surface area contributed by atoms with Gasteiger partial charge in [-0.2, -0.15) is 0 Å². The molecular weight excluding hydrogens is 300 g/mol. The van der Waals surface area contributed by atoms with Gasteiger partial charge in [0.05, 0.1) is 11.1 Å². The third-order valence-electron chi connectivity index (χ3n) is 4.19. The molecule has 1 heterocycles. The van der Waals surface area contributed by atoms with Gasteiger partial charge in [-0.25, -0.2) is 9.59 Å². The Morgan fingerprint density at radius 1 is 1.26 bits per heavy atom. The number of nitrogens with one attached hydrogen (secondary N) is 1. The average Bonchev–Trinajstić information content (AvgIpc) is 2.83. The van der Waals surface area contributed by atoms with E-state index in [4.69, 9.17) is 9.52 Å². The first-order chi connectivity index (χ1) is 11.0. The average molecular weight is 318 g/mol. The highest BCUT2D eigenvalue weighted by molar-refractivity contribution is 5.92. The van der Waals surface area contributed by atoms with E-state index in [1.54, 1.807) is 0 Å². The van der Waals surface area contributed by atoms with E-state index in [9.17, 15) is 14.4 Å². The molecule has 23 heavy (non-hydrogen) atoms. The normalized spacial score (nSPS) is 15.7. The van der Waals surface area contributed by atoms with E-state index >= 15 is 0 Å². The molecule has 0 atom stereocenters. The van der Waals surface area contributed by atoms with Crippen molar-refractivity contribution in [2.45, 2.75) is 44.7 Å². The van der Waals surface area contributed by atoms with Crippen molar-refractivity contribution < 1.29 is 19.1 Å². The number of aromatic carboxylic acids is 1. The number of nitrogens with zero attached hydrogens (tertiary/aromatic N) is 1. The standard InChI is InChI=1S/C16H18N2O5/c19-14(17-11-4-2-1-3-5-11)9-18-12-8-10(15(20)21)6-7-13(12)23-16(18)22/h6-8,11H,1-5,9H2,(H,17,19)(H,20,21). The van der Waals surface area contributed by atoms with Gasteiger partial charge in [-0.05, 0) is 31.0 Å². The van der Waals surface area contributed by atoms with Crippen molar-refractivity contribution in [3.05, 3.63) is 34.3 Å². The second kappa shape index (κ2) is 6.28. The molecule has 1 aliphatic rings. The van der Waals surface area contributed by atoms with E-state index in [0.717, 1.165) is 25.7 Å². The zero-order chi connectivity index (χ0) is 16.4. The number of carboxylic acids is 1. The minimum absolute atomic E-state index is 0.0414. The van der Waals surface area contributed by atoms with Crippen LogP contribution in [0.5, 0.6) is 0 Å². The molecule has 1 aliphatic carbocycles. The molecule has 1 fully saturated rings. The maximum absolute atomic E-state index is 12.2. The van der Waals surface area contributed by atoms with Crippen LogP contribution >= 0.6 is 0 Å². The van der Waals surface area contributed by atoms with E-state index in [0.29, 0.717) is 5.52 Å². The van der Waals surface area contributed by atoms with Gasteiger partial charge < -0.3 is 14.8 Å². The summed E-state index contributed by atoms with van der Waals surface area (Å²) in [5.41, 5.74) is 0.624. The van der Waals surface area contributed by atoms with Crippen LogP contribution in [0.25, 0.3) is 11.1 Å². The Bertz CT molecular complexity index is 798. The predicted octanol–water partition coefficient (Wildman–Crippen LogP) is 1.74. The highest BCUT2D eigenvalue weighted by atomic mass is 16.4. The highest BCUT2D eigenvalue weighted by Crippen LogP contribution is 2.18. The molecule has 0 unspecified atom stereocenters. The molecule has 2 N–H and O–H groups in total. The van der Waals surface area contributed by atoms with E-state index in [1.807, 2.05) is 0 Å². The van der Waals surface area contributed by atoms with Crippen LogP contribution < -0.4 is 11.1 Å². The quantitative estimate of drug-likeness (QED) is 0.894. The monoisotopic (exact) mass is 318 g/mol. The molecule has 1 saturated carbocycles. The van der Waals surface area contributed by atoms with Crippen molar-refractivity contribution in [1.29, 1.82) is 0 Å². The Balaban J connectivity index is 1.82. The minimum atomic E-state index is -1.10. The number of oxazole rings is 1. The second-order valence-corrected chi connectivity index (χ2v) is 5.84. The van der Waals surface area contributed by atoms with Crippen molar-refractivity contribution in [3.8, 4) is 0 Å². The summed E-state index contributed by atoms with van der Waals surface area (Å²) < 4.78 is 6.23. The predicted molar refractivity (Wildman–Crippen MR) is 82.4 cm³/mol. The van der Waals surface area contributed by atoms with Crippen LogP contribution in [-0.4, -0.2) is 27.6 Å². The van der Waals surface area contributed by atoms with Crippen LogP contribution in [0.3, 0.4) is 0 Å². The van der Waals surface area contributed by atoms with Crippen molar-refractivity contribution in [1.82, 2.24) is 9.88 Å². The van der Waals surface area contributed by atoms with E-state index in [2.05, 4.69) is 5.32 Å². The van der Waals surface area contributed by atoms with Gasteiger partial charge in [-0.15, -0.1) is 0 Å². The number of carbonyl (C=O) groups is 2. The first-order valence-corrected chi connectivity index (χ1v) is 7.70. The lowest BCUT2D eigenvalue weighted by molar-refractivity contribution is -0.122. The maximum Gasteiger partial charge on any atom is 0.420 e. The fourth-order valence-electron chi connectivity index (χ4n) is 3.01. The minimum Gasteiger partial charge on any atom is -0.478 e. The van der Waals surface area contributed by atoms with Gasteiger partial charge in [0.15, 0.2) is 5.58 Å². The van der Waals surface area contributed by atoms with Crippen LogP contribution in [0.4, 0.5) is 0 Å². The molecule has 7 nitrogen and oxygen atoms in total. The summed E-state index contributed by atoms with van der Waals surface area (Å²) in [7, 11) is 0. The van der Waals surface area contributed by atoms with Crippen LogP contribution in [0.15, 0.2) is 27.4 Å². The van der Waals surface area contributed by atoms with Crippen molar-refractivity contribution in [2.24, 2.45) is 0 Å². The lowest BCUT2D eigenvalue weighted by Crippen LogP contribution is -2.39. The summed E-state index contributed by atoms with van der Waals surface area (Å²) >= 11 is 0. The van der Waals surface area contributed by atoms with E-state index in [1.165, 1.54) is 29.2 Å². The fraction of sp³-hybridized carbons (Fsp3) is 0.438. The molecule has 0 aliphatic heterocycles. The van der Waals surface area contributed by atoms with Crippen molar-refractivity contribution >= 4 is 23.0 Å². The Morgan fingerprint density at radius 2 is 2.00 bits per heavy atom. The number of hydrogen-bond acceptors (Lipinski definition) is 4. The number of fused-ring (bicyclic) bond motifs is 1. The largest absolute Gasteiger partial charge is 0.478 e. The van der Waals surface area contributed by atoms with Gasteiger partial charge in [-0.1, -0.05) is 19.3 Å². The van der Waals surface area contributed by atoms with Crippen LogP contribution in [0.2, 0.25) is 0 Å². The maximum atomic E-state index is 12.2. The molecule has 1 aromatic heterocycles. The van der Waals surface area contributed by atoms with Crippen molar-refractivity contribution in [3.63, 3.8) is 0 Å². The number of carboxylic acid groups (broad SMARTS) is 1. The number of hydrogen-bond donors (Lipinski definition) is 2. The number of aromatic nitrogens is 1. The molecule has 122 valence electrons. The Hall–Kier alpha value is -2.57. The van der Waals surface area contributed by atoms with Crippen LogP contribution in [0.1, 0.15) is 42.5 Å². The van der Waals surface area contributed by atoms with Gasteiger partial charge in [-0.3, -0.25) is 9.36 Å². The molecule has 0 spiro atoms. The van der Waals surface area contributed by atoms with Crippen LogP contribution in [-0.2, 0) is 11.3 Å². The first-order valence-electron chi connectivity index (χ1n) is 7.70. The lowest BCUT2D eigenvalue weighted by Gasteiger charge is -2.22. The second-order valence-electron chi connectivity index (χ2n) is 5.84. The zero-order valence-electron chi connectivity index (χ0n) is 12.6. The highest BCUT2D eigenvalue weighted by Gasteiger charge is 2.18. The van der Waals surface area contributed by atoms with Gasteiger partial charge in [0.2, 0.25) is 5.91 Å². The molecule has 2 aromatic rings. The number of benzene rings is 1. The number of rotatable bonds is 4. The molecule has 1 amide bonds. The molecule has 0 saturated heterocycles. The Kier molecular flexibility index (Phi) is 4.18. The third kappa shape index (κ3) is 3.28. The summed E-state index contributed by atoms with van der Waals surface area (Å²) in [6.45, 7) is -0.175. The SMILES string of the molecule is O=C(Cn1c(=O)oc2ccc(C(=O)O)cc21)NC1CCCCC1. The summed E-state index contributed by atoms with van der Waals surface area (Å²) in [5, 5.41) is 12.0. The lowest BCUT2D eigenvalue weighted by atomic mass is 9.95. The molecular formula is C16H18N2O5. The number of amides is 1. The Labute approximate surface area is 131 Å². The molecule has 0 bridgehead atoms. The van der Waals surface area contributed by atoms with Crippen molar-refractivity contribution in [2.75, 3.05) is 0 Å². The summed E-state index contributed by atoms with van der Waals surface area (Å²) in [4.78, 5) is 35.1. The van der Waals surface area contributed by atoms with Crippen LogP contribution in [0, 0.1) is 0 Å².